The van der Waals surface area contributed by atoms with Crippen LogP contribution in [0.2, 0.25) is 0 Å². The number of fused-ring (bicyclic) bond motifs is 6. The van der Waals surface area contributed by atoms with Crippen molar-refractivity contribution in [3.05, 3.63) is 70.9 Å². The number of carbonyl (C=O) groups is 5. The topological polar surface area (TPSA) is 188 Å². The average molecular weight is 981 g/mol. The number of nitrogens with zero attached hydrogens (tertiary/aromatic N) is 6. The van der Waals surface area contributed by atoms with Crippen LogP contribution in [0.5, 0.6) is 0 Å². The van der Waals surface area contributed by atoms with Crippen molar-refractivity contribution < 1.29 is 51.7 Å². The van der Waals surface area contributed by atoms with E-state index in [0.717, 1.165) is 5.01 Å². The van der Waals surface area contributed by atoms with E-state index >= 15 is 0 Å². The number of aromatic nitrogens is 2. The van der Waals surface area contributed by atoms with Gasteiger partial charge in [0.15, 0.2) is 0 Å². The zero-order valence-electron chi connectivity index (χ0n) is 40.4. The second-order valence-corrected chi connectivity index (χ2v) is 20.0. The number of likely N-dealkylation sites (N-methyl/N-ethyl adjacent to an activating group) is 1. The highest BCUT2D eigenvalue weighted by Crippen LogP contribution is 2.41. The molecule has 2 saturated heterocycles. The van der Waals surface area contributed by atoms with E-state index in [1.165, 1.54) is 58.2 Å². The fourth-order valence-electron chi connectivity index (χ4n) is 9.43. The predicted octanol–water partition coefficient (Wildman–Crippen LogP) is 5.84. The standard InChI is InChI=1S/C49H63F3N8O8S/c1-11-32(40(53-13-3)29(6)67-10)42-34-23-47(7,8)27-68-46(65)48(66)18-14-19-60(56-48)45(64)35(55-43(62)41(28(4)5)57(9)44(63)31-17-20-58(24-31)39(61)12-2)22-38-54-36(25-69-38)30-15-16-37(33(34)21-30)59(42)26-49(50,51)52/h11-13,15-16,21,25,28-29,31,35,41,56,66H,1-2,14,17-20,22-24,26-27H2,3-10H3,(H,55,62)/b40-32+,53-13?/t29-,31-,35-,41-,48-/m0/s1. The SMILES string of the molecule is C=CC(=O)N1CC[C@H](C(=O)N(C)[C@H](C(=O)N[C@H]2Cc3nc(cs3)-c3ccc4c(c3)c(c(/C(C=C)=C(/N=CC)[C@H](C)OC)n4CC(F)(F)F)CC(C)(C)COC(=O)[C@@]3(O)CCCN(N3)C2=O)C(C)C)C1. The van der Waals surface area contributed by atoms with Gasteiger partial charge in [-0.15, -0.1) is 11.3 Å². The lowest BCUT2D eigenvalue weighted by atomic mass is 9.84. The molecule has 2 fully saturated rings. The first-order valence-electron chi connectivity index (χ1n) is 23.0. The molecule has 69 heavy (non-hydrogen) atoms. The molecule has 3 aliphatic rings. The summed E-state index contributed by atoms with van der Waals surface area (Å²) in [6.45, 7) is 17.0. The lowest BCUT2D eigenvalue weighted by Crippen LogP contribution is -2.67. The number of methoxy groups -OCH3 is 1. The molecule has 6 bridgehead atoms. The van der Waals surface area contributed by atoms with Gasteiger partial charge in [-0.2, -0.15) is 18.6 Å². The molecular formula is C49H63F3N8O8S. The summed E-state index contributed by atoms with van der Waals surface area (Å²) in [6.07, 6.45) is -0.780. The maximum absolute atomic E-state index is 14.7. The number of amides is 4. The highest BCUT2D eigenvalue weighted by Gasteiger charge is 2.46. The summed E-state index contributed by atoms with van der Waals surface area (Å²) in [5.74, 6) is -4.03. The van der Waals surface area contributed by atoms with Gasteiger partial charge in [-0.05, 0) is 62.8 Å². The molecule has 1 aromatic carbocycles. The van der Waals surface area contributed by atoms with E-state index in [9.17, 15) is 42.3 Å². The van der Waals surface area contributed by atoms with Crippen LogP contribution in [0.25, 0.3) is 27.7 Å². The average Bonchev–Trinajstić information content (AvgIpc) is 4.05. The number of carbonyl (C=O) groups excluding carboxylic acids is 5. The molecule has 0 spiro atoms. The van der Waals surface area contributed by atoms with Gasteiger partial charge in [0, 0.05) is 85.7 Å². The Hall–Kier alpha value is -5.70. The summed E-state index contributed by atoms with van der Waals surface area (Å²) in [5, 5.41) is 18.4. The van der Waals surface area contributed by atoms with E-state index in [1.807, 2.05) is 0 Å². The Morgan fingerprint density at radius 1 is 1.17 bits per heavy atom. The molecule has 0 saturated carbocycles. The molecule has 5 heterocycles. The van der Waals surface area contributed by atoms with Crippen LogP contribution in [0, 0.1) is 17.3 Å². The number of thiazole rings is 1. The van der Waals surface area contributed by atoms with Crippen LogP contribution >= 0.6 is 11.3 Å². The molecule has 20 heteroatoms. The van der Waals surface area contributed by atoms with Crippen LogP contribution in [0.1, 0.15) is 77.1 Å². The molecule has 4 amide bonds. The molecule has 3 aromatic rings. The lowest BCUT2D eigenvalue weighted by molar-refractivity contribution is -0.189. The minimum atomic E-state index is -4.66. The van der Waals surface area contributed by atoms with Crippen molar-refractivity contribution in [2.45, 2.75) is 110 Å². The van der Waals surface area contributed by atoms with Crippen LogP contribution in [-0.4, -0.2) is 136 Å². The van der Waals surface area contributed by atoms with Gasteiger partial charge in [0.25, 0.3) is 5.91 Å². The molecular weight excluding hydrogens is 918 g/mol. The number of likely N-dealkylation sites (tertiary alicyclic amines) is 1. The number of halogens is 3. The number of allylic oxidation sites excluding steroid dienone is 2. The number of hydrogen-bond acceptors (Lipinski definition) is 12. The smallest absolute Gasteiger partial charge is 0.406 e. The first kappa shape index (κ1) is 52.7. The summed E-state index contributed by atoms with van der Waals surface area (Å²) in [6, 6.07) is 2.66. The molecule has 0 unspecified atom stereocenters. The second kappa shape index (κ2) is 21.1. The molecule has 0 radical (unpaired) electrons. The van der Waals surface area contributed by atoms with E-state index in [1.54, 1.807) is 65.1 Å². The van der Waals surface area contributed by atoms with Gasteiger partial charge in [-0.25, -0.2) is 9.78 Å². The number of alkyl halides is 3. The van der Waals surface area contributed by atoms with Gasteiger partial charge in [0.05, 0.1) is 40.7 Å². The fourth-order valence-corrected chi connectivity index (χ4v) is 10.3. The largest absolute Gasteiger partial charge is 0.462 e. The van der Waals surface area contributed by atoms with Gasteiger partial charge < -0.3 is 34.3 Å². The van der Waals surface area contributed by atoms with Crippen molar-refractivity contribution in [1.82, 2.24) is 35.1 Å². The second-order valence-electron chi connectivity index (χ2n) is 19.0. The molecule has 6 rings (SSSR count). The number of ether oxygens (including phenoxy) is 2. The Kier molecular flexibility index (Phi) is 16.1. The van der Waals surface area contributed by atoms with Crippen LogP contribution in [-0.2, 0) is 52.8 Å². The summed E-state index contributed by atoms with van der Waals surface area (Å²) >= 11 is 1.20. The third-order valence-electron chi connectivity index (χ3n) is 12.9. The predicted molar refractivity (Wildman–Crippen MR) is 256 cm³/mol. The molecule has 374 valence electrons. The monoisotopic (exact) mass is 980 g/mol. The normalized spacial score (nSPS) is 22.5. The summed E-state index contributed by atoms with van der Waals surface area (Å²) in [5.41, 5.74) is 1.95. The fraction of sp³-hybridized carbons (Fsp3) is 0.531. The van der Waals surface area contributed by atoms with Crippen LogP contribution in [0.4, 0.5) is 13.2 Å². The van der Waals surface area contributed by atoms with Gasteiger partial charge in [-0.1, -0.05) is 53.0 Å². The Morgan fingerprint density at radius 3 is 2.54 bits per heavy atom. The van der Waals surface area contributed by atoms with Crippen LogP contribution < -0.4 is 10.7 Å². The first-order chi connectivity index (χ1) is 32.5. The Balaban J connectivity index is 1.48. The van der Waals surface area contributed by atoms with Gasteiger partial charge >= 0.3 is 12.1 Å². The Labute approximate surface area is 404 Å². The molecule has 2 aromatic heterocycles. The summed E-state index contributed by atoms with van der Waals surface area (Å²) < 4.78 is 56.7. The number of hydrogen-bond donors (Lipinski definition) is 3. The number of benzene rings is 1. The van der Waals surface area contributed by atoms with Gasteiger partial charge in [0.2, 0.25) is 23.4 Å². The first-order valence-corrected chi connectivity index (χ1v) is 23.9. The lowest BCUT2D eigenvalue weighted by Gasteiger charge is -2.40. The van der Waals surface area contributed by atoms with E-state index in [2.05, 4.69) is 28.9 Å². The number of aliphatic hydroxyl groups is 1. The zero-order valence-corrected chi connectivity index (χ0v) is 41.3. The van der Waals surface area contributed by atoms with E-state index in [4.69, 9.17) is 14.5 Å². The van der Waals surface area contributed by atoms with Crippen molar-refractivity contribution in [1.29, 1.82) is 0 Å². The van der Waals surface area contributed by atoms with Crippen molar-refractivity contribution in [2.24, 2.45) is 22.2 Å². The van der Waals surface area contributed by atoms with Crippen LogP contribution in [0.15, 0.2) is 59.6 Å². The van der Waals surface area contributed by atoms with Gasteiger partial charge in [0.1, 0.15) is 18.6 Å². The van der Waals surface area contributed by atoms with E-state index in [0.29, 0.717) is 51.5 Å². The van der Waals surface area contributed by atoms with E-state index in [-0.39, 0.29) is 68.4 Å². The summed E-state index contributed by atoms with van der Waals surface area (Å²) in [7, 11) is 2.98. The van der Waals surface area contributed by atoms with Crippen molar-refractivity contribution in [3.63, 3.8) is 0 Å². The molecule has 3 N–H and O–H groups in total. The van der Waals surface area contributed by atoms with Crippen molar-refractivity contribution in [3.8, 4) is 11.3 Å². The third-order valence-corrected chi connectivity index (χ3v) is 13.7. The molecule has 5 atom stereocenters. The highest BCUT2D eigenvalue weighted by molar-refractivity contribution is 7.10. The number of hydrazine groups is 1. The van der Waals surface area contributed by atoms with Crippen molar-refractivity contribution >= 4 is 63.6 Å². The quantitative estimate of drug-likeness (QED) is 0.0862. The van der Waals surface area contributed by atoms with Gasteiger partial charge in [-0.3, -0.25) is 29.2 Å². The summed E-state index contributed by atoms with van der Waals surface area (Å²) in [4.78, 5) is 81.5. The maximum Gasteiger partial charge on any atom is 0.406 e. The number of rotatable bonds is 12. The molecule has 3 aliphatic heterocycles. The maximum atomic E-state index is 14.7. The number of esters is 1. The van der Waals surface area contributed by atoms with Crippen LogP contribution in [0.3, 0.4) is 0 Å². The molecule has 0 aliphatic carbocycles. The Bertz CT molecular complexity index is 2550. The minimum absolute atomic E-state index is 0.0500. The van der Waals surface area contributed by atoms with E-state index < -0.39 is 71.7 Å². The minimum Gasteiger partial charge on any atom is -0.462 e. The highest BCUT2D eigenvalue weighted by atomic mass is 32.1. The third kappa shape index (κ3) is 11.5. The molecule has 16 nitrogen and oxygen atoms in total. The number of aliphatic imine (C=N–C) groups is 1. The Morgan fingerprint density at radius 2 is 1.90 bits per heavy atom. The zero-order chi connectivity index (χ0) is 50.7. The number of cyclic esters (lactones) is 1. The number of nitrogens with one attached hydrogen (secondary N) is 2. The van der Waals surface area contributed by atoms with Crippen molar-refractivity contribution in [2.75, 3.05) is 40.4 Å².